The molecule has 0 aromatic heterocycles. The molecule has 0 aliphatic carbocycles. The highest BCUT2D eigenvalue weighted by Crippen LogP contribution is 2.34. The van der Waals surface area contributed by atoms with E-state index >= 15 is 0 Å². The largest absolute Gasteiger partial charge is 0.487 e. The second kappa shape index (κ2) is 6.35. The van der Waals surface area contributed by atoms with Crippen LogP contribution in [0, 0.1) is 5.41 Å². The molecule has 0 saturated carbocycles. The number of hydrogen-bond donors (Lipinski definition) is 2. The van der Waals surface area contributed by atoms with E-state index in [1.807, 2.05) is 12.1 Å². The van der Waals surface area contributed by atoms with Gasteiger partial charge in [0.2, 0.25) is 0 Å². The van der Waals surface area contributed by atoms with E-state index in [-0.39, 0.29) is 5.84 Å². The molecule has 0 bridgehead atoms. The fourth-order valence-electron chi connectivity index (χ4n) is 1.60. The number of amidine groups is 1. The van der Waals surface area contributed by atoms with Crippen LogP contribution in [0.25, 0.3) is 0 Å². The summed E-state index contributed by atoms with van der Waals surface area (Å²) in [5.74, 6) is 0.466. The van der Waals surface area contributed by atoms with E-state index < -0.39 is 0 Å². The zero-order valence-corrected chi connectivity index (χ0v) is 12.6. The Labute approximate surface area is 131 Å². The van der Waals surface area contributed by atoms with Gasteiger partial charge < -0.3 is 10.5 Å². The molecule has 0 spiro atoms. The molecule has 0 unspecified atom stereocenters. The summed E-state index contributed by atoms with van der Waals surface area (Å²) in [4.78, 5) is 0. The van der Waals surface area contributed by atoms with Crippen molar-refractivity contribution >= 4 is 40.6 Å². The minimum Gasteiger partial charge on any atom is -0.487 e. The van der Waals surface area contributed by atoms with Crippen molar-refractivity contribution in [1.82, 2.24) is 0 Å². The van der Waals surface area contributed by atoms with Crippen LogP contribution in [0.1, 0.15) is 11.1 Å². The van der Waals surface area contributed by atoms with Crippen molar-refractivity contribution in [2.24, 2.45) is 5.73 Å². The summed E-state index contributed by atoms with van der Waals surface area (Å²) in [5, 5.41) is 8.54. The summed E-state index contributed by atoms with van der Waals surface area (Å²) in [6.45, 7) is 0.290. The highest BCUT2D eigenvalue weighted by molar-refractivity contribution is 6.43. The van der Waals surface area contributed by atoms with Crippen molar-refractivity contribution in [3.63, 3.8) is 0 Å². The Kier molecular flexibility index (Phi) is 4.76. The second-order valence-corrected chi connectivity index (χ2v) is 5.32. The van der Waals surface area contributed by atoms with Crippen LogP contribution in [0.2, 0.25) is 15.1 Å². The van der Waals surface area contributed by atoms with E-state index in [1.165, 1.54) is 6.07 Å². The van der Waals surface area contributed by atoms with Gasteiger partial charge in [-0.25, -0.2) is 0 Å². The monoisotopic (exact) mass is 328 g/mol. The number of hydrogen-bond acceptors (Lipinski definition) is 2. The van der Waals surface area contributed by atoms with Crippen LogP contribution in [-0.2, 0) is 6.61 Å². The van der Waals surface area contributed by atoms with Crippen LogP contribution in [0.15, 0.2) is 36.4 Å². The number of benzene rings is 2. The van der Waals surface area contributed by atoms with Crippen molar-refractivity contribution in [3.05, 3.63) is 62.6 Å². The first-order valence-electron chi connectivity index (χ1n) is 5.68. The highest BCUT2D eigenvalue weighted by Gasteiger charge is 2.07. The Morgan fingerprint density at radius 1 is 1.05 bits per heavy atom. The Morgan fingerprint density at radius 2 is 1.75 bits per heavy atom. The minimum absolute atomic E-state index is 0.0134. The fourth-order valence-corrected chi connectivity index (χ4v) is 2.20. The standard InChI is InChI=1S/C14H11Cl3N2O/c15-10-5-12(17)13(6-11(10)16)20-7-8-2-1-3-9(4-8)14(18)19/h1-6H,7H2,(H3,18,19). The van der Waals surface area contributed by atoms with Gasteiger partial charge in [-0.3, -0.25) is 5.41 Å². The van der Waals surface area contributed by atoms with Gasteiger partial charge >= 0.3 is 0 Å². The molecule has 20 heavy (non-hydrogen) atoms. The molecule has 2 aromatic rings. The molecule has 0 aliphatic rings. The van der Waals surface area contributed by atoms with E-state index in [2.05, 4.69) is 0 Å². The highest BCUT2D eigenvalue weighted by atomic mass is 35.5. The molecular formula is C14H11Cl3N2O. The first-order valence-corrected chi connectivity index (χ1v) is 6.81. The lowest BCUT2D eigenvalue weighted by Crippen LogP contribution is -2.11. The average molecular weight is 330 g/mol. The Balaban J connectivity index is 2.15. The number of nitrogen functional groups attached to an aromatic ring is 1. The molecule has 2 rings (SSSR count). The summed E-state index contributed by atoms with van der Waals surface area (Å²) in [6.07, 6.45) is 0. The molecular weight excluding hydrogens is 319 g/mol. The quantitative estimate of drug-likeness (QED) is 0.492. The summed E-state index contributed by atoms with van der Waals surface area (Å²) in [5.41, 5.74) is 6.96. The normalized spacial score (nSPS) is 10.3. The number of nitrogens with two attached hydrogens (primary N) is 1. The number of nitrogens with one attached hydrogen (secondary N) is 1. The number of rotatable bonds is 4. The number of ether oxygens (including phenoxy) is 1. The third-order valence-corrected chi connectivity index (χ3v) is 3.62. The molecule has 0 aliphatic heterocycles. The Hall–Kier alpha value is -1.42. The molecule has 0 amide bonds. The van der Waals surface area contributed by atoms with Crippen LogP contribution in [-0.4, -0.2) is 5.84 Å². The molecule has 104 valence electrons. The lowest BCUT2D eigenvalue weighted by molar-refractivity contribution is 0.306. The molecule has 0 radical (unpaired) electrons. The van der Waals surface area contributed by atoms with Gasteiger partial charge in [0.05, 0.1) is 15.1 Å². The molecule has 3 nitrogen and oxygen atoms in total. The van der Waals surface area contributed by atoms with Gasteiger partial charge in [-0.2, -0.15) is 0 Å². The van der Waals surface area contributed by atoms with E-state index in [4.69, 9.17) is 50.7 Å². The van der Waals surface area contributed by atoms with Gasteiger partial charge in [0.25, 0.3) is 0 Å². The van der Waals surface area contributed by atoms with E-state index in [0.29, 0.717) is 33.0 Å². The van der Waals surface area contributed by atoms with Gasteiger partial charge in [0.15, 0.2) is 0 Å². The zero-order chi connectivity index (χ0) is 14.7. The van der Waals surface area contributed by atoms with Crippen LogP contribution in [0.4, 0.5) is 0 Å². The predicted octanol–water partition coefficient (Wildman–Crippen LogP) is 4.51. The maximum atomic E-state index is 7.40. The third kappa shape index (κ3) is 3.57. The smallest absolute Gasteiger partial charge is 0.139 e. The Bertz CT molecular complexity index is 659. The van der Waals surface area contributed by atoms with Crippen molar-refractivity contribution in [2.45, 2.75) is 6.61 Å². The van der Waals surface area contributed by atoms with E-state index in [0.717, 1.165) is 5.56 Å². The molecule has 0 atom stereocenters. The minimum atomic E-state index is 0.0134. The summed E-state index contributed by atoms with van der Waals surface area (Å²) in [6, 6.07) is 10.3. The molecule has 6 heteroatoms. The maximum Gasteiger partial charge on any atom is 0.139 e. The van der Waals surface area contributed by atoms with Gasteiger partial charge in [-0.15, -0.1) is 0 Å². The summed E-state index contributed by atoms with van der Waals surface area (Å²) >= 11 is 17.8. The van der Waals surface area contributed by atoms with Crippen molar-refractivity contribution in [3.8, 4) is 5.75 Å². The van der Waals surface area contributed by atoms with Gasteiger partial charge in [-0.1, -0.05) is 53.0 Å². The van der Waals surface area contributed by atoms with Crippen LogP contribution < -0.4 is 10.5 Å². The fraction of sp³-hybridized carbons (Fsp3) is 0.0714. The molecule has 0 saturated heterocycles. The van der Waals surface area contributed by atoms with Crippen LogP contribution >= 0.6 is 34.8 Å². The lowest BCUT2D eigenvalue weighted by Gasteiger charge is -2.10. The molecule has 2 aromatic carbocycles. The van der Waals surface area contributed by atoms with Gasteiger partial charge in [0, 0.05) is 11.6 Å². The topological polar surface area (TPSA) is 59.1 Å². The van der Waals surface area contributed by atoms with Crippen molar-refractivity contribution in [1.29, 1.82) is 5.41 Å². The molecule has 0 fully saturated rings. The summed E-state index contributed by atoms with van der Waals surface area (Å²) < 4.78 is 5.61. The first-order chi connectivity index (χ1) is 9.47. The van der Waals surface area contributed by atoms with Crippen molar-refractivity contribution < 1.29 is 4.74 Å². The van der Waals surface area contributed by atoms with Crippen LogP contribution in [0.3, 0.4) is 0 Å². The SMILES string of the molecule is N=C(N)c1cccc(COc2cc(Cl)c(Cl)cc2Cl)c1. The zero-order valence-electron chi connectivity index (χ0n) is 10.3. The van der Waals surface area contributed by atoms with E-state index in [9.17, 15) is 0 Å². The van der Waals surface area contributed by atoms with E-state index in [1.54, 1.807) is 18.2 Å². The third-order valence-electron chi connectivity index (χ3n) is 2.61. The van der Waals surface area contributed by atoms with Crippen LogP contribution in [0.5, 0.6) is 5.75 Å². The maximum absolute atomic E-state index is 7.40. The van der Waals surface area contributed by atoms with Gasteiger partial charge in [-0.05, 0) is 17.7 Å². The Morgan fingerprint density at radius 3 is 2.45 bits per heavy atom. The number of halogens is 3. The summed E-state index contributed by atoms with van der Waals surface area (Å²) in [7, 11) is 0. The molecule has 3 N–H and O–H groups in total. The van der Waals surface area contributed by atoms with Gasteiger partial charge in [0.1, 0.15) is 18.2 Å². The predicted molar refractivity (Wildman–Crippen MR) is 83.3 cm³/mol. The molecule has 0 heterocycles. The second-order valence-electron chi connectivity index (χ2n) is 4.10. The average Bonchev–Trinajstić information content (AvgIpc) is 2.41. The lowest BCUT2D eigenvalue weighted by atomic mass is 10.1. The first kappa shape index (κ1) is 15.0. The van der Waals surface area contributed by atoms with Crippen molar-refractivity contribution in [2.75, 3.05) is 0 Å².